The molecule has 6 heterocycles. The molecule has 12 heteroatoms. The van der Waals surface area contributed by atoms with Crippen LogP contribution in [0.1, 0.15) is 43.1 Å². The van der Waals surface area contributed by atoms with E-state index in [0.717, 1.165) is 73.8 Å². The van der Waals surface area contributed by atoms with E-state index in [1.807, 2.05) is 18.3 Å². The van der Waals surface area contributed by atoms with Gasteiger partial charge in [-0.05, 0) is 57.8 Å². The van der Waals surface area contributed by atoms with Crippen LogP contribution in [0.4, 0.5) is 11.8 Å². The van der Waals surface area contributed by atoms with Crippen LogP contribution in [0.25, 0.3) is 17.3 Å². The van der Waals surface area contributed by atoms with E-state index in [2.05, 4.69) is 37.9 Å². The molecule has 3 fully saturated rings. The molecule has 11 nitrogen and oxygen atoms in total. The maximum absolute atomic E-state index is 12.2. The minimum atomic E-state index is -3.20. The molecule has 0 bridgehead atoms. The third-order valence-corrected chi connectivity index (χ3v) is 9.19. The third kappa shape index (κ3) is 5.33. The highest BCUT2D eigenvalue weighted by atomic mass is 32.2. The molecular weight excluding hydrogens is 490 g/mol. The van der Waals surface area contributed by atoms with Gasteiger partial charge in [-0.1, -0.05) is 6.08 Å². The minimum absolute atomic E-state index is 0.0204. The SMILES string of the molecule is CN1CCC(Nc2ncc(-c3cnc4c(n3)C=CCN4)c(C3NC3C3CCCN(S(C)(=O)=O)C3)n2)CC1. The lowest BCUT2D eigenvalue weighted by Gasteiger charge is -2.30. The maximum atomic E-state index is 12.2. The van der Waals surface area contributed by atoms with Gasteiger partial charge < -0.3 is 20.9 Å². The van der Waals surface area contributed by atoms with Crippen LogP contribution in [0.15, 0.2) is 18.5 Å². The summed E-state index contributed by atoms with van der Waals surface area (Å²) >= 11 is 0. The van der Waals surface area contributed by atoms with Crippen molar-refractivity contribution in [2.45, 2.75) is 43.8 Å². The average molecular weight is 526 g/mol. The maximum Gasteiger partial charge on any atom is 0.223 e. The molecular formula is C25H35N9O2S. The van der Waals surface area contributed by atoms with Crippen molar-refractivity contribution in [2.75, 3.05) is 56.7 Å². The summed E-state index contributed by atoms with van der Waals surface area (Å²) in [4.78, 5) is 21.5. The summed E-state index contributed by atoms with van der Waals surface area (Å²) in [7, 11) is -1.05. The number of piperidine rings is 2. The molecule has 0 saturated carbocycles. The highest BCUT2D eigenvalue weighted by Gasteiger charge is 2.47. The average Bonchev–Trinajstić information content (AvgIpc) is 3.70. The normalized spacial score (nSPS) is 26.9. The Labute approximate surface area is 218 Å². The Morgan fingerprint density at radius 1 is 1.08 bits per heavy atom. The molecule has 0 aliphatic carbocycles. The molecule has 0 aromatic carbocycles. The summed E-state index contributed by atoms with van der Waals surface area (Å²) in [6.45, 7) is 4.00. The number of rotatable bonds is 6. The summed E-state index contributed by atoms with van der Waals surface area (Å²) < 4.78 is 26.0. The largest absolute Gasteiger partial charge is 0.365 e. The zero-order valence-electron chi connectivity index (χ0n) is 21.4. The Balaban J connectivity index is 1.29. The molecule has 3 unspecified atom stereocenters. The summed E-state index contributed by atoms with van der Waals surface area (Å²) in [6, 6.07) is 0.535. The van der Waals surface area contributed by atoms with Crippen molar-refractivity contribution in [2.24, 2.45) is 5.92 Å². The zero-order chi connectivity index (χ0) is 25.6. The van der Waals surface area contributed by atoms with Gasteiger partial charge in [0.05, 0.1) is 29.9 Å². The van der Waals surface area contributed by atoms with E-state index >= 15 is 0 Å². The smallest absolute Gasteiger partial charge is 0.223 e. The number of aromatic nitrogens is 4. The van der Waals surface area contributed by atoms with Crippen molar-refractivity contribution in [3.8, 4) is 11.3 Å². The molecule has 3 saturated heterocycles. The highest BCUT2D eigenvalue weighted by molar-refractivity contribution is 7.88. The van der Waals surface area contributed by atoms with E-state index in [-0.39, 0.29) is 18.0 Å². The molecule has 37 heavy (non-hydrogen) atoms. The van der Waals surface area contributed by atoms with Crippen LogP contribution in [-0.2, 0) is 10.0 Å². The molecule has 2 aromatic rings. The fourth-order valence-electron chi connectivity index (χ4n) is 5.72. The lowest BCUT2D eigenvalue weighted by molar-refractivity contribution is 0.262. The number of hydrogen-bond donors (Lipinski definition) is 3. The van der Waals surface area contributed by atoms with Gasteiger partial charge in [0.2, 0.25) is 16.0 Å². The number of fused-ring (bicyclic) bond motifs is 1. The van der Waals surface area contributed by atoms with Gasteiger partial charge in [-0.2, -0.15) is 0 Å². The first-order valence-corrected chi connectivity index (χ1v) is 15.0. The number of nitrogens with one attached hydrogen (secondary N) is 3. The van der Waals surface area contributed by atoms with Crippen molar-refractivity contribution in [3.63, 3.8) is 0 Å². The molecule has 4 aliphatic heterocycles. The molecule has 198 valence electrons. The van der Waals surface area contributed by atoms with Gasteiger partial charge in [-0.15, -0.1) is 0 Å². The summed E-state index contributed by atoms with van der Waals surface area (Å²) in [5.41, 5.74) is 3.30. The van der Waals surface area contributed by atoms with Crippen molar-refractivity contribution in [1.82, 2.24) is 34.5 Å². The summed E-state index contributed by atoms with van der Waals surface area (Å²) in [6.07, 6.45) is 12.9. The van der Waals surface area contributed by atoms with E-state index in [0.29, 0.717) is 25.1 Å². The third-order valence-electron chi connectivity index (χ3n) is 7.92. The van der Waals surface area contributed by atoms with Crippen LogP contribution in [-0.4, -0.2) is 95.7 Å². The Hall–Kier alpha value is -2.67. The molecule has 0 radical (unpaired) electrons. The predicted octanol–water partition coefficient (Wildman–Crippen LogP) is 1.56. The fraction of sp³-hybridized carbons (Fsp3) is 0.600. The lowest BCUT2D eigenvalue weighted by Crippen LogP contribution is -2.41. The van der Waals surface area contributed by atoms with Crippen LogP contribution in [0, 0.1) is 5.92 Å². The monoisotopic (exact) mass is 525 g/mol. The second-order valence-electron chi connectivity index (χ2n) is 10.7. The Morgan fingerprint density at radius 3 is 2.73 bits per heavy atom. The first-order chi connectivity index (χ1) is 17.8. The fourth-order valence-corrected chi connectivity index (χ4v) is 6.65. The van der Waals surface area contributed by atoms with Crippen molar-refractivity contribution >= 4 is 27.9 Å². The predicted molar refractivity (Wildman–Crippen MR) is 144 cm³/mol. The number of likely N-dealkylation sites (tertiary alicyclic amines) is 1. The number of anilines is 2. The van der Waals surface area contributed by atoms with Gasteiger partial charge in [0.25, 0.3) is 0 Å². The van der Waals surface area contributed by atoms with Crippen molar-refractivity contribution < 1.29 is 8.42 Å². The van der Waals surface area contributed by atoms with Crippen LogP contribution in [0.3, 0.4) is 0 Å². The van der Waals surface area contributed by atoms with E-state index in [4.69, 9.17) is 9.97 Å². The van der Waals surface area contributed by atoms with E-state index in [9.17, 15) is 8.42 Å². The Bertz CT molecular complexity index is 1290. The first-order valence-electron chi connectivity index (χ1n) is 13.2. The lowest BCUT2D eigenvalue weighted by atomic mass is 9.92. The second kappa shape index (κ2) is 9.90. The van der Waals surface area contributed by atoms with Gasteiger partial charge in [-0.3, -0.25) is 0 Å². The van der Waals surface area contributed by atoms with E-state index in [1.54, 1.807) is 10.5 Å². The second-order valence-corrected chi connectivity index (χ2v) is 12.7. The van der Waals surface area contributed by atoms with E-state index in [1.165, 1.54) is 6.26 Å². The topological polar surface area (TPSA) is 138 Å². The van der Waals surface area contributed by atoms with Crippen LogP contribution in [0.2, 0.25) is 0 Å². The number of sulfonamides is 1. The molecule has 2 aromatic heterocycles. The zero-order valence-corrected chi connectivity index (χ0v) is 22.2. The van der Waals surface area contributed by atoms with Crippen LogP contribution < -0.4 is 16.0 Å². The van der Waals surface area contributed by atoms with Crippen LogP contribution >= 0.6 is 0 Å². The van der Waals surface area contributed by atoms with Crippen molar-refractivity contribution in [1.29, 1.82) is 0 Å². The van der Waals surface area contributed by atoms with Gasteiger partial charge in [0, 0.05) is 43.5 Å². The van der Waals surface area contributed by atoms with Gasteiger partial charge in [-0.25, -0.2) is 32.7 Å². The molecule has 4 aliphatic rings. The molecule has 6 rings (SSSR count). The van der Waals surface area contributed by atoms with Crippen LogP contribution in [0.5, 0.6) is 0 Å². The van der Waals surface area contributed by atoms with Gasteiger partial charge >= 0.3 is 0 Å². The highest BCUT2D eigenvalue weighted by Crippen LogP contribution is 2.41. The Morgan fingerprint density at radius 2 is 1.92 bits per heavy atom. The first kappa shape index (κ1) is 24.7. The Kier molecular flexibility index (Phi) is 6.59. The van der Waals surface area contributed by atoms with Gasteiger partial charge in [0.15, 0.2) is 5.82 Å². The number of hydrogen-bond acceptors (Lipinski definition) is 10. The molecule has 0 spiro atoms. The van der Waals surface area contributed by atoms with Crippen molar-refractivity contribution in [3.05, 3.63) is 29.9 Å². The minimum Gasteiger partial charge on any atom is -0.365 e. The molecule has 3 atom stereocenters. The van der Waals surface area contributed by atoms with E-state index < -0.39 is 10.0 Å². The van der Waals surface area contributed by atoms with Gasteiger partial charge in [0.1, 0.15) is 5.69 Å². The standard InChI is InChI=1S/C25H35N9O2S/c1-33-11-7-17(8-12-33)29-25-28-13-18(20-14-27-24-19(30-20)6-3-9-26-24)22(32-25)23-21(31-23)16-5-4-10-34(15-16)37(2,35)36/h3,6,13-14,16-17,21,23,31H,4-5,7-12,15H2,1-2H3,(H,26,27)(H,28,29,32). The quantitative estimate of drug-likeness (QED) is 0.476. The molecule has 3 N–H and O–H groups in total. The summed E-state index contributed by atoms with van der Waals surface area (Å²) in [5.74, 6) is 1.65. The molecule has 0 amide bonds. The summed E-state index contributed by atoms with van der Waals surface area (Å²) in [5, 5.41) is 10.4. The number of nitrogens with zero attached hydrogens (tertiary/aromatic N) is 6.